The van der Waals surface area contributed by atoms with E-state index in [0.717, 1.165) is 17.9 Å². The van der Waals surface area contributed by atoms with E-state index in [9.17, 15) is 0 Å². The number of fused-ring (bicyclic) bond motifs is 1. The summed E-state index contributed by atoms with van der Waals surface area (Å²) in [5.74, 6) is 0.994. The van der Waals surface area contributed by atoms with E-state index in [0.29, 0.717) is 13.2 Å². The van der Waals surface area contributed by atoms with Crippen LogP contribution in [0.4, 0.5) is 5.82 Å². The third-order valence-corrected chi connectivity index (χ3v) is 2.33. The van der Waals surface area contributed by atoms with E-state index in [4.69, 9.17) is 9.84 Å². The van der Waals surface area contributed by atoms with Crippen molar-refractivity contribution in [1.82, 2.24) is 4.98 Å². The maximum absolute atomic E-state index is 8.53. The molecule has 0 amide bonds. The zero-order valence-corrected chi connectivity index (χ0v) is 9.07. The number of H-pyrrole nitrogens is 1. The van der Waals surface area contributed by atoms with Gasteiger partial charge in [-0.1, -0.05) is 18.2 Å². The highest BCUT2D eigenvalue weighted by Gasteiger charge is 1.98. The normalized spacial score (nSPS) is 10.8. The number of ether oxygens (including phenoxy) is 1. The van der Waals surface area contributed by atoms with E-state index in [1.165, 1.54) is 5.39 Å². The SMILES string of the molecule is OCCOCCNc1cc2ccccc2[nH]1. The maximum Gasteiger partial charge on any atom is 0.104 e. The van der Waals surface area contributed by atoms with Gasteiger partial charge in [0.05, 0.1) is 19.8 Å². The van der Waals surface area contributed by atoms with Gasteiger partial charge in [-0.05, 0) is 12.1 Å². The van der Waals surface area contributed by atoms with Crippen LogP contribution in [0.5, 0.6) is 0 Å². The molecule has 86 valence electrons. The first-order chi connectivity index (χ1) is 7.90. The summed E-state index contributed by atoms with van der Waals surface area (Å²) in [6, 6.07) is 10.2. The Balaban J connectivity index is 1.85. The van der Waals surface area contributed by atoms with Crippen molar-refractivity contribution in [2.24, 2.45) is 0 Å². The van der Waals surface area contributed by atoms with Gasteiger partial charge in [-0.25, -0.2) is 0 Å². The fraction of sp³-hybridized carbons (Fsp3) is 0.333. The van der Waals surface area contributed by atoms with Crippen LogP contribution in [0.1, 0.15) is 0 Å². The smallest absolute Gasteiger partial charge is 0.104 e. The molecule has 2 aromatic rings. The van der Waals surface area contributed by atoms with Crippen molar-refractivity contribution in [2.75, 3.05) is 31.7 Å². The van der Waals surface area contributed by atoms with E-state index < -0.39 is 0 Å². The molecule has 2 rings (SSSR count). The minimum Gasteiger partial charge on any atom is -0.394 e. The molecule has 0 aliphatic heterocycles. The average Bonchev–Trinajstić information content (AvgIpc) is 2.71. The fourth-order valence-corrected chi connectivity index (χ4v) is 1.59. The number of aliphatic hydroxyl groups excluding tert-OH is 1. The highest BCUT2D eigenvalue weighted by molar-refractivity contribution is 5.83. The predicted molar refractivity (Wildman–Crippen MR) is 64.7 cm³/mol. The summed E-state index contributed by atoms with van der Waals surface area (Å²) in [6.07, 6.45) is 0. The summed E-state index contributed by atoms with van der Waals surface area (Å²) < 4.78 is 5.15. The van der Waals surface area contributed by atoms with Gasteiger partial charge in [0.25, 0.3) is 0 Å². The number of benzene rings is 1. The Labute approximate surface area is 94.2 Å². The highest BCUT2D eigenvalue weighted by atomic mass is 16.5. The third kappa shape index (κ3) is 2.74. The second-order valence-corrected chi connectivity index (χ2v) is 3.53. The van der Waals surface area contributed by atoms with Crippen molar-refractivity contribution in [3.8, 4) is 0 Å². The van der Waals surface area contributed by atoms with Crippen LogP contribution in [0, 0.1) is 0 Å². The van der Waals surface area contributed by atoms with Crippen LogP contribution in [0.15, 0.2) is 30.3 Å². The predicted octanol–water partition coefficient (Wildman–Crippen LogP) is 1.59. The van der Waals surface area contributed by atoms with Crippen molar-refractivity contribution in [2.45, 2.75) is 0 Å². The molecule has 0 radical (unpaired) electrons. The number of aromatic nitrogens is 1. The average molecular weight is 220 g/mol. The summed E-state index contributed by atoms with van der Waals surface area (Å²) in [6.45, 7) is 1.80. The van der Waals surface area contributed by atoms with Crippen LogP contribution < -0.4 is 5.32 Å². The fourth-order valence-electron chi connectivity index (χ4n) is 1.59. The van der Waals surface area contributed by atoms with Crippen molar-refractivity contribution in [1.29, 1.82) is 0 Å². The van der Waals surface area contributed by atoms with Gasteiger partial charge in [0.15, 0.2) is 0 Å². The first-order valence-electron chi connectivity index (χ1n) is 5.40. The number of rotatable bonds is 6. The minimum atomic E-state index is 0.0758. The van der Waals surface area contributed by atoms with Gasteiger partial charge in [0.2, 0.25) is 0 Å². The number of aromatic amines is 1. The minimum absolute atomic E-state index is 0.0758. The zero-order chi connectivity index (χ0) is 11.2. The van der Waals surface area contributed by atoms with Gasteiger partial charge >= 0.3 is 0 Å². The Morgan fingerprint density at radius 2 is 2.12 bits per heavy atom. The van der Waals surface area contributed by atoms with Crippen LogP contribution in [-0.2, 0) is 4.74 Å². The number of hydrogen-bond donors (Lipinski definition) is 3. The molecule has 4 nitrogen and oxygen atoms in total. The molecule has 0 bridgehead atoms. The second kappa shape index (κ2) is 5.53. The van der Waals surface area contributed by atoms with Gasteiger partial charge in [-0.15, -0.1) is 0 Å². The topological polar surface area (TPSA) is 57.3 Å². The number of anilines is 1. The van der Waals surface area contributed by atoms with Crippen LogP contribution in [0.25, 0.3) is 10.9 Å². The zero-order valence-electron chi connectivity index (χ0n) is 9.07. The number of nitrogens with one attached hydrogen (secondary N) is 2. The molecule has 3 N–H and O–H groups in total. The van der Waals surface area contributed by atoms with E-state index in [1.807, 2.05) is 18.2 Å². The van der Waals surface area contributed by atoms with Crippen molar-refractivity contribution < 1.29 is 9.84 Å². The molecule has 0 unspecified atom stereocenters. The van der Waals surface area contributed by atoms with Gasteiger partial charge in [-0.3, -0.25) is 0 Å². The summed E-state index contributed by atoms with van der Waals surface area (Å²) in [7, 11) is 0. The lowest BCUT2D eigenvalue weighted by molar-refractivity contribution is 0.0992. The molecule has 0 aliphatic rings. The molecule has 0 saturated heterocycles. The standard InChI is InChI=1S/C12H16N2O2/c15-6-8-16-7-5-13-12-9-10-3-1-2-4-11(10)14-12/h1-4,9,13-15H,5-8H2. The lowest BCUT2D eigenvalue weighted by Gasteiger charge is -2.03. The Bertz CT molecular complexity index is 406. The van der Waals surface area contributed by atoms with E-state index in [-0.39, 0.29) is 6.61 Å². The molecular formula is C12H16N2O2. The monoisotopic (exact) mass is 220 g/mol. The van der Waals surface area contributed by atoms with Gasteiger partial charge < -0.3 is 20.1 Å². The molecule has 16 heavy (non-hydrogen) atoms. The Morgan fingerprint density at radius 1 is 1.25 bits per heavy atom. The molecule has 0 saturated carbocycles. The summed E-state index contributed by atoms with van der Waals surface area (Å²) in [5, 5.41) is 13.0. The number of hydrogen-bond acceptors (Lipinski definition) is 3. The van der Waals surface area contributed by atoms with Crippen molar-refractivity contribution in [3.63, 3.8) is 0 Å². The van der Waals surface area contributed by atoms with Crippen LogP contribution >= 0.6 is 0 Å². The quantitative estimate of drug-likeness (QED) is 0.648. The Morgan fingerprint density at radius 3 is 2.94 bits per heavy atom. The van der Waals surface area contributed by atoms with Crippen molar-refractivity contribution >= 4 is 16.7 Å². The van der Waals surface area contributed by atoms with Crippen LogP contribution in [-0.4, -0.2) is 36.5 Å². The molecule has 1 aromatic carbocycles. The first kappa shape index (κ1) is 11.0. The second-order valence-electron chi connectivity index (χ2n) is 3.53. The largest absolute Gasteiger partial charge is 0.394 e. The third-order valence-electron chi connectivity index (χ3n) is 2.33. The van der Waals surface area contributed by atoms with Gasteiger partial charge in [0.1, 0.15) is 5.82 Å². The molecule has 0 fully saturated rings. The molecule has 0 spiro atoms. The molecule has 0 aliphatic carbocycles. The van der Waals surface area contributed by atoms with E-state index in [2.05, 4.69) is 22.4 Å². The molecule has 0 atom stereocenters. The summed E-state index contributed by atoms with van der Waals surface area (Å²) >= 11 is 0. The first-order valence-corrected chi connectivity index (χ1v) is 5.40. The van der Waals surface area contributed by atoms with Crippen molar-refractivity contribution in [3.05, 3.63) is 30.3 Å². The number of para-hydroxylation sites is 1. The maximum atomic E-state index is 8.53. The van der Waals surface area contributed by atoms with E-state index in [1.54, 1.807) is 0 Å². The molecule has 1 aromatic heterocycles. The Kier molecular flexibility index (Phi) is 3.80. The molecule has 1 heterocycles. The van der Waals surface area contributed by atoms with E-state index >= 15 is 0 Å². The summed E-state index contributed by atoms with van der Waals surface area (Å²) in [4.78, 5) is 3.27. The van der Waals surface area contributed by atoms with Crippen LogP contribution in [0.2, 0.25) is 0 Å². The Hall–Kier alpha value is -1.52. The number of aliphatic hydroxyl groups is 1. The molecular weight excluding hydrogens is 204 g/mol. The summed E-state index contributed by atoms with van der Waals surface area (Å²) in [5.41, 5.74) is 1.13. The van der Waals surface area contributed by atoms with Gasteiger partial charge in [0, 0.05) is 17.4 Å². The van der Waals surface area contributed by atoms with Gasteiger partial charge in [-0.2, -0.15) is 0 Å². The lowest BCUT2D eigenvalue weighted by Crippen LogP contribution is -2.11. The molecule has 4 heteroatoms. The highest BCUT2D eigenvalue weighted by Crippen LogP contribution is 2.17. The van der Waals surface area contributed by atoms with Crippen LogP contribution in [0.3, 0.4) is 0 Å². The lowest BCUT2D eigenvalue weighted by atomic mass is 10.2.